The second-order valence-electron chi connectivity index (χ2n) is 6.00. The van der Waals surface area contributed by atoms with Gasteiger partial charge in [0, 0.05) is 11.8 Å². The van der Waals surface area contributed by atoms with Crippen LogP contribution < -0.4 is 5.73 Å². The van der Waals surface area contributed by atoms with Crippen LogP contribution in [0.15, 0.2) is 48.7 Å². The largest absolute Gasteiger partial charge is 0.330 e. The Morgan fingerprint density at radius 2 is 1.86 bits per heavy atom. The summed E-state index contributed by atoms with van der Waals surface area (Å²) in [7, 11) is 0. The number of aryl methyl sites for hydroxylation is 1. The molecule has 0 aliphatic rings. The lowest BCUT2D eigenvalue weighted by Crippen LogP contribution is -2.03. The van der Waals surface area contributed by atoms with E-state index in [9.17, 15) is 0 Å². The van der Waals surface area contributed by atoms with Crippen LogP contribution in [0.4, 0.5) is 0 Å². The zero-order chi connectivity index (χ0) is 15.5. The number of benzene rings is 1. The second kappa shape index (κ2) is 6.32. The Hall–Kier alpha value is -2.13. The number of aromatic nitrogens is 2. The lowest BCUT2D eigenvalue weighted by Gasteiger charge is -2.08. The molecule has 2 N–H and O–H groups in total. The van der Waals surface area contributed by atoms with Crippen molar-refractivity contribution in [3.8, 4) is 11.3 Å². The smallest absolute Gasteiger partial charge is 0.137 e. The van der Waals surface area contributed by atoms with Crippen LogP contribution in [-0.4, -0.2) is 15.9 Å². The van der Waals surface area contributed by atoms with E-state index in [2.05, 4.69) is 54.8 Å². The molecule has 3 aromatic rings. The molecule has 0 fully saturated rings. The summed E-state index contributed by atoms with van der Waals surface area (Å²) in [5.41, 5.74) is 11.6. The molecule has 2 heterocycles. The molecule has 3 heteroatoms. The van der Waals surface area contributed by atoms with Crippen LogP contribution >= 0.6 is 0 Å². The summed E-state index contributed by atoms with van der Waals surface area (Å²) in [6.07, 6.45) is 4.00. The molecular formula is C19H23N3. The van der Waals surface area contributed by atoms with E-state index in [1.807, 2.05) is 12.1 Å². The molecule has 114 valence electrons. The fourth-order valence-electron chi connectivity index (χ4n) is 2.81. The summed E-state index contributed by atoms with van der Waals surface area (Å²) in [5.74, 6) is 0.548. The molecule has 0 radical (unpaired) electrons. The van der Waals surface area contributed by atoms with Gasteiger partial charge in [-0.05, 0) is 43.0 Å². The van der Waals surface area contributed by atoms with Crippen LogP contribution in [0.5, 0.6) is 0 Å². The number of nitrogens with zero attached hydrogens (tertiary/aromatic N) is 2. The quantitative estimate of drug-likeness (QED) is 0.772. The van der Waals surface area contributed by atoms with Crippen molar-refractivity contribution in [3.63, 3.8) is 0 Å². The van der Waals surface area contributed by atoms with Gasteiger partial charge >= 0.3 is 0 Å². The number of pyridine rings is 1. The third kappa shape index (κ3) is 2.77. The van der Waals surface area contributed by atoms with Crippen molar-refractivity contribution in [2.75, 3.05) is 6.54 Å². The highest BCUT2D eigenvalue weighted by Gasteiger charge is 2.13. The number of imidazole rings is 1. The molecule has 2 aromatic heterocycles. The third-order valence-electron chi connectivity index (χ3n) is 4.10. The topological polar surface area (TPSA) is 43.3 Å². The molecule has 0 amide bonds. The minimum atomic E-state index is 0.548. The summed E-state index contributed by atoms with van der Waals surface area (Å²) in [5, 5.41) is 0. The first-order valence-electron chi connectivity index (χ1n) is 7.97. The molecule has 1 aromatic carbocycles. The van der Waals surface area contributed by atoms with Crippen LogP contribution in [0.25, 0.3) is 16.9 Å². The Kier molecular flexibility index (Phi) is 4.25. The number of hydrogen-bond acceptors (Lipinski definition) is 2. The molecule has 3 rings (SSSR count). The zero-order valence-corrected chi connectivity index (χ0v) is 13.3. The van der Waals surface area contributed by atoms with E-state index in [0.29, 0.717) is 12.5 Å². The maximum atomic E-state index is 5.70. The first kappa shape index (κ1) is 14.8. The molecule has 0 unspecified atom stereocenters. The lowest BCUT2D eigenvalue weighted by atomic mass is 10.00. The van der Waals surface area contributed by atoms with Gasteiger partial charge in [-0.1, -0.05) is 44.2 Å². The molecule has 22 heavy (non-hydrogen) atoms. The number of fused-ring (bicyclic) bond motifs is 1. The SMILES string of the molecule is CC(C)c1ccc(-c2nc3ccccn3c2CCCN)cc1. The monoisotopic (exact) mass is 293 g/mol. The normalized spacial score (nSPS) is 11.5. The Bertz CT molecular complexity index is 754. The average molecular weight is 293 g/mol. The van der Waals surface area contributed by atoms with Gasteiger partial charge in [0.25, 0.3) is 0 Å². The maximum Gasteiger partial charge on any atom is 0.137 e. The zero-order valence-electron chi connectivity index (χ0n) is 13.3. The summed E-state index contributed by atoms with van der Waals surface area (Å²) in [6.45, 7) is 5.13. The van der Waals surface area contributed by atoms with Crippen molar-refractivity contribution >= 4 is 5.65 Å². The van der Waals surface area contributed by atoms with Gasteiger partial charge in [-0.15, -0.1) is 0 Å². The number of hydrogen-bond donors (Lipinski definition) is 1. The Morgan fingerprint density at radius 3 is 2.55 bits per heavy atom. The molecule has 0 bridgehead atoms. The van der Waals surface area contributed by atoms with E-state index in [1.54, 1.807) is 0 Å². The van der Waals surface area contributed by atoms with Crippen molar-refractivity contribution < 1.29 is 0 Å². The fourth-order valence-corrected chi connectivity index (χ4v) is 2.81. The fraction of sp³-hybridized carbons (Fsp3) is 0.316. The standard InChI is InChI=1S/C19H23N3/c1-14(2)15-8-10-16(11-9-15)19-17(6-5-12-20)22-13-4-3-7-18(22)21-19/h3-4,7-11,13-14H,5-6,12,20H2,1-2H3. The molecule has 0 atom stereocenters. The van der Waals surface area contributed by atoms with Crippen LogP contribution in [0.2, 0.25) is 0 Å². The highest BCUT2D eigenvalue weighted by molar-refractivity contribution is 5.67. The van der Waals surface area contributed by atoms with E-state index in [1.165, 1.54) is 16.8 Å². The Morgan fingerprint density at radius 1 is 1.09 bits per heavy atom. The van der Waals surface area contributed by atoms with Gasteiger partial charge < -0.3 is 10.1 Å². The summed E-state index contributed by atoms with van der Waals surface area (Å²) in [4.78, 5) is 4.83. The molecule has 0 spiro atoms. The van der Waals surface area contributed by atoms with Crippen LogP contribution in [-0.2, 0) is 6.42 Å². The maximum absolute atomic E-state index is 5.70. The lowest BCUT2D eigenvalue weighted by molar-refractivity contribution is 0.804. The van der Waals surface area contributed by atoms with E-state index >= 15 is 0 Å². The van der Waals surface area contributed by atoms with Crippen LogP contribution in [0.3, 0.4) is 0 Å². The van der Waals surface area contributed by atoms with Crippen molar-refractivity contribution in [3.05, 3.63) is 59.9 Å². The average Bonchev–Trinajstić information content (AvgIpc) is 2.91. The first-order chi connectivity index (χ1) is 10.7. The number of nitrogens with two attached hydrogens (primary N) is 1. The summed E-state index contributed by atoms with van der Waals surface area (Å²) in [6, 6.07) is 14.9. The van der Waals surface area contributed by atoms with Crippen LogP contribution in [0.1, 0.15) is 37.4 Å². The predicted octanol–water partition coefficient (Wildman–Crippen LogP) is 4.02. The second-order valence-corrected chi connectivity index (χ2v) is 6.00. The van der Waals surface area contributed by atoms with Crippen molar-refractivity contribution in [1.82, 2.24) is 9.38 Å². The predicted molar refractivity (Wildman–Crippen MR) is 92.1 cm³/mol. The minimum Gasteiger partial charge on any atom is -0.330 e. The molecular weight excluding hydrogens is 270 g/mol. The first-order valence-corrected chi connectivity index (χ1v) is 7.97. The summed E-state index contributed by atoms with van der Waals surface area (Å²) < 4.78 is 2.18. The van der Waals surface area contributed by atoms with Gasteiger partial charge in [0.05, 0.1) is 11.4 Å². The van der Waals surface area contributed by atoms with Gasteiger partial charge in [-0.25, -0.2) is 4.98 Å². The number of rotatable bonds is 5. The Labute approximate surface area is 131 Å². The molecule has 0 saturated heterocycles. The van der Waals surface area contributed by atoms with E-state index < -0.39 is 0 Å². The van der Waals surface area contributed by atoms with Crippen molar-refractivity contribution in [1.29, 1.82) is 0 Å². The molecule has 3 nitrogen and oxygen atoms in total. The van der Waals surface area contributed by atoms with E-state index in [4.69, 9.17) is 10.7 Å². The molecule has 0 aliphatic heterocycles. The van der Waals surface area contributed by atoms with Gasteiger partial charge in [0.15, 0.2) is 0 Å². The Balaban J connectivity index is 2.08. The van der Waals surface area contributed by atoms with Gasteiger partial charge in [0.1, 0.15) is 5.65 Å². The minimum absolute atomic E-state index is 0.548. The third-order valence-corrected chi connectivity index (χ3v) is 4.10. The van der Waals surface area contributed by atoms with Crippen molar-refractivity contribution in [2.45, 2.75) is 32.6 Å². The van der Waals surface area contributed by atoms with Crippen LogP contribution in [0, 0.1) is 0 Å². The van der Waals surface area contributed by atoms with Crippen molar-refractivity contribution in [2.24, 2.45) is 5.73 Å². The van der Waals surface area contributed by atoms with Gasteiger partial charge in [0.2, 0.25) is 0 Å². The van der Waals surface area contributed by atoms with Gasteiger partial charge in [-0.3, -0.25) is 0 Å². The van der Waals surface area contributed by atoms with E-state index in [0.717, 1.165) is 24.2 Å². The molecule has 0 aliphatic carbocycles. The van der Waals surface area contributed by atoms with Gasteiger partial charge in [-0.2, -0.15) is 0 Å². The highest BCUT2D eigenvalue weighted by atomic mass is 15.0. The summed E-state index contributed by atoms with van der Waals surface area (Å²) >= 11 is 0. The highest BCUT2D eigenvalue weighted by Crippen LogP contribution is 2.27. The van der Waals surface area contributed by atoms with E-state index in [-0.39, 0.29) is 0 Å². The molecule has 0 saturated carbocycles.